The van der Waals surface area contributed by atoms with E-state index >= 15 is 0 Å². The van der Waals surface area contributed by atoms with E-state index in [1.807, 2.05) is 6.92 Å². The summed E-state index contributed by atoms with van der Waals surface area (Å²) < 4.78 is 5.29. The van der Waals surface area contributed by atoms with E-state index in [0.29, 0.717) is 17.9 Å². The molecular formula is C14H19NO4. The fourth-order valence-electron chi connectivity index (χ4n) is 1.66. The zero-order chi connectivity index (χ0) is 14.4. The van der Waals surface area contributed by atoms with Gasteiger partial charge in [-0.1, -0.05) is 0 Å². The highest BCUT2D eigenvalue weighted by atomic mass is 16.5. The predicted molar refractivity (Wildman–Crippen MR) is 71.4 cm³/mol. The molecular weight excluding hydrogens is 246 g/mol. The molecule has 0 spiro atoms. The Morgan fingerprint density at radius 3 is 2.26 bits per heavy atom. The third kappa shape index (κ3) is 4.28. The molecule has 5 nitrogen and oxygen atoms in total. The van der Waals surface area contributed by atoms with Crippen molar-refractivity contribution >= 4 is 11.9 Å². The fraction of sp³-hybridized carbons (Fsp3) is 0.429. The van der Waals surface area contributed by atoms with E-state index in [4.69, 9.17) is 9.84 Å². The second-order valence-corrected chi connectivity index (χ2v) is 4.38. The van der Waals surface area contributed by atoms with Crippen molar-refractivity contribution < 1.29 is 19.4 Å². The standard InChI is InChI=1S/C14H19NO4/c1-4-19-12-7-5-11(6-8-12)14(18)15(10(2)3)9-13(16)17/h5-8,10H,4,9H2,1-3H3,(H,16,17). The maximum Gasteiger partial charge on any atom is 0.323 e. The molecule has 0 bridgehead atoms. The van der Waals surface area contributed by atoms with E-state index in [1.54, 1.807) is 38.1 Å². The van der Waals surface area contributed by atoms with Crippen LogP contribution in [0.15, 0.2) is 24.3 Å². The third-order valence-corrected chi connectivity index (χ3v) is 2.60. The first kappa shape index (κ1) is 15.0. The summed E-state index contributed by atoms with van der Waals surface area (Å²) in [6, 6.07) is 6.52. The number of carbonyl (C=O) groups excluding carboxylic acids is 1. The van der Waals surface area contributed by atoms with Gasteiger partial charge in [-0.25, -0.2) is 0 Å². The summed E-state index contributed by atoms with van der Waals surface area (Å²) in [5.74, 6) is -0.623. The second-order valence-electron chi connectivity index (χ2n) is 4.38. The summed E-state index contributed by atoms with van der Waals surface area (Å²) in [7, 11) is 0. The van der Waals surface area contributed by atoms with Gasteiger partial charge in [0.25, 0.3) is 5.91 Å². The number of nitrogens with zero attached hydrogens (tertiary/aromatic N) is 1. The van der Waals surface area contributed by atoms with Crippen LogP contribution in [0.3, 0.4) is 0 Å². The average Bonchev–Trinajstić information content (AvgIpc) is 2.36. The van der Waals surface area contributed by atoms with Crippen molar-refractivity contribution in [3.05, 3.63) is 29.8 Å². The molecule has 1 aromatic carbocycles. The minimum absolute atomic E-state index is 0.171. The summed E-state index contributed by atoms with van der Waals surface area (Å²) in [5, 5.41) is 8.83. The first-order valence-corrected chi connectivity index (χ1v) is 6.21. The number of carboxylic acids is 1. The van der Waals surface area contributed by atoms with Crippen molar-refractivity contribution in [2.24, 2.45) is 0 Å². The highest BCUT2D eigenvalue weighted by Gasteiger charge is 2.21. The van der Waals surface area contributed by atoms with Crippen molar-refractivity contribution in [2.75, 3.05) is 13.2 Å². The topological polar surface area (TPSA) is 66.8 Å². The van der Waals surface area contributed by atoms with Crippen molar-refractivity contribution in [2.45, 2.75) is 26.8 Å². The Morgan fingerprint density at radius 2 is 1.84 bits per heavy atom. The van der Waals surface area contributed by atoms with Crippen molar-refractivity contribution in [3.8, 4) is 5.75 Å². The zero-order valence-electron chi connectivity index (χ0n) is 11.4. The molecule has 0 unspecified atom stereocenters. The molecule has 0 aliphatic rings. The Kier molecular flexibility index (Phi) is 5.36. The molecule has 0 fully saturated rings. The Bertz CT molecular complexity index is 439. The van der Waals surface area contributed by atoms with E-state index in [1.165, 1.54) is 4.90 Å². The third-order valence-electron chi connectivity index (χ3n) is 2.60. The van der Waals surface area contributed by atoms with Gasteiger partial charge in [-0.15, -0.1) is 0 Å². The van der Waals surface area contributed by atoms with Crippen LogP contribution < -0.4 is 4.74 Å². The molecule has 19 heavy (non-hydrogen) atoms. The van der Waals surface area contributed by atoms with Gasteiger partial charge in [-0.3, -0.25) is 9.59 Å². The molecule has 1 N–H and O–H groups in total. The molecule has 5 heteroatoms. The lowest BCUT2D eigenvalue weighted by Crippen LogP contribution is -2.40. The number of carbonyl (C=O) groups is 2. The number of hydrogen-bond donors (Lipinski definition) is 1. The number of ether oxygens (including phenoxy) is 1. The molecule has 1 rings (SSSR count). The lowest BCUT2D eigenvalue weighted by atomic mass is 10.1. The van der Waals surface area contributed by atoms with Crippen LogP contribution in [-0.4, -0.2) is 41.1 Å². The van der Waals surface area contributed by atoms with Crippen molar-refractivity contribution in [1.29, 1.82) is 0 Å². The van der Waals surface area contributed by atoms with Gasteiger partial charge >= 0.3 is 5.97 Å². The molecule has 0 saturated heterocycles. The Balaban J connectivity index is 2.87. The quantitative estimate of drug-likeness (QED) is 0.854. The van der Waals surface area contributed by atoms with Crippen LogP contribution >= 0.6 is 0 Å². The zero-order valence-corrected chi connectivity index (χ0v) is 11.4. The van der Waals surface area contributed by atoms with Gasteiger partial charge in [-0.2, -0.15) is 0 Å². The number of benzene rings is 1. The summed E-state index contributed by atoms with van der Waals surface area (Å²) in [5.41, 5.74) is 0.457. The highest BCUT2D eigenvalue weighted by molar-refractivity contribution is 5.96. The molecule has 1 amide bonds. The van der Waals surface area contributed by atoms with Gasteiger partial charge in [0, 0.05) is 11.6 Å². The summed E-state index contributed by atoms with van der Waals surface area (Å²) >= 11 is 0. The molecule has 0 saturated carbocycles. The monoisotopic (exact) mass is 265 g/mol. The van der Waals surface area contributed by atoms with Gasteiger partial charge in [0.05, 0.1) is 6.61 Å². The normalized spacial score (nSPS) is 10.3. The van der Waals surface area contributed by atoms with Gasteiger partial charge in [0.1, 0.15) is 12.3 Å². The summed E-state index contributed by atoms with van der Waals surface area (Å²) in [6.07, 6.45) is 0. The SMILES string of the molecule is CCOc1ccc(C(=O)N(CC(=O)O)C(C)C)cc1. The molecule has 1 aromatic rings. The van der Waals surface area contributed by atoms with Crippen molar-refractivity contribution in [1.82, 2.24) is 4.90 Å². The molecule has 0 aromatic heterocycles. The van der Waals surface area contributed by atoms with Gasteiger partial charge in [0.15, 0.2) is 0 Å². The molecule has 0 aliphatic carbocycles. The predicted octanol–water partition coefficient (Wildman–Crippen LogP) is 2.02. The summed E-state index contributed by atoms with van der Waals surface area (Å²) in [4.78, 5) is 24.3. The minimum atomic E-state index is -1.02. The Labute approximate surface area is 112 Å². The summed E-state index contributed by atoms with van der Waals surface area (Å²) in [6.45, 7) is 5.71. The Morgan fingerprint density at radius 1 is 1.26 bits per heavy atom. The van der Waals surface area contributed by atoms with Crippen LogP contribution in [-0.2, 0) is 4.79 Å². The highest BCUT2D eigenvalue weighted by Crippen LogP contribution is 2.14. The van der Waals surface area contributed by atoms with E-state index in [2.05, 4.69) is 0 Å². The lowest BCUT2D eigenvalue weighted by Gasteiger charge is -2.25. The largest absolute Gasteiger partial charge is 0.494 e. The molecule has 0 radical (unpaired) electrons. The lowest BCUT2D eigenvalue weighted by molar-refractivity contribution is -0.138. The van der Waals surface area contributed by atoms with E-state index in [9.17, 15) is 9.59 Å². The molecule has 0 aliphatic heterocycles. The first-order chi connectivity index (χ1) is 8.95. The second kappa shape index (κ2) is 6.78. The van der Waals surface area contributed by atoms with E-state index in [-0.39, 0.29) is 18.5 Å². The van der Waals surface area contributed by atoms with Gasteiger partial charge < -0.3 is 14.7 Å². The fourth-order valence-corrected chi connectivity index (χ4v) is 1.66. The van der Waals surface area contributed by atoms with Crippen LogP contribution in [0.5, 0.6) is 5.75 Å². The maximum atomic E-state index is 12.2. The Hall–Kier alpha value is -2.04. The van der Waals surface area contributed by atoms with Crippen LogP contribution in [0, 0.1) is 0 Å². The van der Waals surface area contributed by atoms with Crippen LogP contribution in [0.4, 0.5) is 0 Å². The van der Waals surface area contributed by atoms with Crippen LogP contribution in [0.2, 0.25) is 0 Å². The molecule has 104 valence electrons. The van der Waals surface area contributed by atoms with E-state index < -0.39 is 5.97 Å². The van der Waals surface area contributed by atoms with Crippen LogP contribution in [0.1, 0.15) is 31.1 Å². The molecule has 0 heterocycles. The van der Waals surface area contributed by atoms with Gasteiger partial charge in [0.2, 0.25) is 0 Å². The average molecular weight is 265 g/mol. The number of carboxylic acid groups (broad SMARTS) is 1. The smallest absolute Gasteiger partial charge is 0.323 e. The first-order valence-electron chi connectivity index (χ1n) is 6.21. The van der Waals surface area contributed by atoms with Crippen LogP contribution in [0.25, 0.3) is 0 Å². The van der Waals surface area contributed by atoms with E-state index in [0.717, 1.165) is 0 Å². The minimum Gasteiger partial charge on any atom is -0.494 e. The molecule has 0 atom stereocenters. The maximum absolute atomic E-state index is 12.2. The number of rotatable bonds is 6. The number of aliphatic carboxylic acids is 1. The van der Waals surface area contributed by atoms with Gasteiger partial charge in [-0.05, 0) is 45.0 Å². The number of amides is 1. The van der Waals surface area contributed by atoms with Crippen molar-refractivity contribution in [3.63, 3.8) is 0 Å². The number of hydrogen-bond acceptors (Lipinski definition) is 3.